The zero-order chi connectivity index (χ0) is 8.27. The van der Waals surface area contributed by atoms with E-state index in [1.165, 1.54) is 12.3 Å². The maximum Gasteiger partial charge on any atom is 0.303 e. The highest BCUT2D eigenvalue weighted by Crippen LogP contribution is 2.00. The second-order valence-electron chi connectivity index (χ2n) is 1.71. The number of aromatic hydroxyl groups is 1. The van der Waals surface area contributed by atoms with Crippen LogP contribution in [0.1, 0.15) is 10.6 Å². The third-order valence-corrected chi connectivity index (χ3v) is 0.975. The molecule has 0 spiro atoms. The van der Waals surface area contributed by atoms with Crippen molar-refractivity contribution < 1.29 is 9.90 Å². The van der Waals surface area contributed by atoms with Crippen molar-refractivity contribution in [1.29, 1.82) is 0 Å². The van der Waals surface area contributed by atoms with Gasteiger partial charge in [0.05, 0.1) is 0 Å². The van der Waals surface area contributed by atoms with Gasteiger partial charge in [-0.3, -0.25) is 10.2 Å². The van der Waals surface area contributed by atoms with Gasteiger partial charge in [0.15, 0.2) is 0 Å². The zero-order valence-electron chi connectivity index (χ0n) is 5.48. The van der Waals surface area contributed by atoms with Crippen molar-refractivity contribution in [2.24, 2.45) is 5.84 Å². The van der Waals surface area contributed by atoms with Crippen LogP contribution >= 0.6 is 0 Å². The Labute approximate surface area is 62.1 Å². The van der Waals surface area contributed by atoms with Gasteiger partial charge in [-0.2, -0.15) is 4.98 Å². The van der Waals surface area contributed by atoms with Crippen LogP contribution in [0.15, 0.2) is 12.3 Å². The number of carbonyl (C=O) groups excluding carboxylic acids is 1. The minimum atomic E-state index is -0.638. The second-order valence-corrected chi connectivity index (χ2v) is 1.71. The Hall–Kier alpha value is -1.69. The van der Waals surface area contributed by atoms with E-state index in [0.717, 1.165) is 0 Å². The molecule has 0 aliphatic heterocycles. The van der Waals surface area contributed by atoms with Crippen molar-refractivity contribution in [3.63, 3.8) is 0 Å². The minimum Gasteiger partial charge on any atom is -0.493 e. The van der Waals surface area contributed by atoms with Gasteiger partial charge in [-0.25, -0.2) is 10.8 Å². The first kappa shape index (κ1) is 7.42. The van der Waals surface area contributed by atoms with Gasteiger partial charge >= 0.3 is 5.91 Å². The quantitative estimate of drug-likeness (QED) is 0.267. The van der Waals surface area contributed by atoms with Crippen LogP contribution in [0.5, 0.6) is 5.88 Å². The van der Waals surface area contributed by atoms with Crippen molar-refractivity contribution in [2.45, 2.75) is 0 Å². The predicted molar refractivity (Wildman–Crippen MR) is 35.4 cm³/mol. The number of amides is 1. The topological polar surface area (TPSA) is 101 Å². The predicted octanol–water partition coefficient (Wildman–Crippen LogP) is -1.21. The number of hydrogen-bond donors (Lipinski definition) is 3. The largest absolute Gasteiger partial charge is 0.493 e. The second kappa shape index (κ2) is 2.93. The molecule has 0 aromatic carbocycles. The smallest absolute Gasteiger partial charge is 0.303 e. The van der Waals surface area contributed by atoms with E-state index in [0.29, 0.717) is 0 Å². The molecule has 1 rings (SSSR count). The first-order valence-electron chi connectivity index (χ1n) is 2.77. The summed E-state index contributed by atoms with van der Waals surface area (Å²) < 4.78 is 0. The summed E-state index contributed by atoms with van der Waals surface area (Å²) in [5.74, 6) is 3.73. The molecule has 1 aromatic rings. The van der Waals surface area contributed by atoms with Crippen molar-refractivity contribution in [3.05, 3.63) is 18.1 Å². The molecule has 6 heteroatoms. The minimum absolute atomic E-state index is 0.160. The van der Waals surface area contributed by atoms with Gasteiger partial charge in [0, 0.05) is 12.3 Å². The third kappa shape index (κ3) is 1.62. The Balaban J connectivity index is 2.96. The van der Waals surface area contributed by atoms with E-state index in [-0.39, 0.29) is 11.7 Å². The lowest BCUT2D eigenvalue weighted by atomic mass is 10.5. The molecule has 0 radical (unpaired) electrons. The maximum absolute atomic E-state index is 10.7. The average Bonchev–Trinajstić information content (AvgIpc) is 2.03. The molecule has 0 fully saturated rings. The molecule has 11 heavy (non-hydrogen) atoms. The highest BCUT2D eigenvalue weighted by atomic mass is 16.3. The zero-order valence-corrected chi connectivity index (χ0v) is 5.48. The fourth-order valence-electron chi connectivity index (χ4n) is 0.523. The third-order valence-electron chi connectivity index (χ3n) is 0.975. The van der Waals surface area contributed by atoms with E-state index >= 15 is 0 Å². The summed E-state index contributed by atoms with van der Waals surface area (Å²) in [7, 11) is 0. The highest BCUT2D eigenvalue weighted by molar-refractivity contribution is 5.89. The molecule has 1 heterocycles. The Morgan fingerprint density at radius 1 is 1.73 bits per heavy atom. The summed E-state index contributed by atoms with van der Waals surface area (Å²) in [5, 5.41) is 8.79. The van der Waals surface area contributed by atoms with E-state index in [1.807, 2.05) is 5.43 Å². The summed E-state index contributed by atoms with van der Waals surface area (Å²) >= 11 is 0. The van der Waals surface area contributed by atoms with Crippen molar-refractivity contribution in [3.8, 4) is 5.88 Å². The SMILES string of the molecule is NNC(=O)c1nccc(O)n1. The first-order chi connectivity index (χ1) is 5.24. The van der Waals surface area contributed by atoms with E-state index in [1.54, 1.807) is 0 Å². The van der Waals surface area contributed by atoms with Crippen LogP contribution in [0, 0.1) is 0 Å². The Morgan fingerprint density at radius 3 is 3.00 bits per heavy atom. The van der Waals surface area contributed by atoms with Crippen LogP contribution in [0.25, 0.3) is 0 Å². The molecule has 0 atom stereocenters. The monoisotopic (exact) mass is 154 g/mol. The van der Waals surface area contributed by atoms with E-state index in [4.69, 9.17) is 10.9 Å². The maximum atomic E-state index is 10.7. The van der Waals surface area contributed by atoms with Gasteiger partial charge in [-0.15, -0.1) is 0 Å². The fraction of sp³-hybridized carbons (Fsp3) is 0. The highest BCUT2D eigenvalue weighted by Gasteiger charge is 2.06. The molecular weight excluding hydrogens is 148 g/mol. The lowest BCUT2D eigenvalue weighted by molar-refractivity contribution is 0.0942. The van der Waals surface area contributed by atoms with Crippen molar-refractivity contribution >= 4 is 5.91 Å². The molecule has 0 aliphatic carbocycles. The molecule has 0 unspecified atom stereocenters. The lowest BCUT2D eigenvalue weighted by Crippen LogP contribution is -2.31. The van der Waals surface area contributed by atoms with Gasteiger partial charge in [-0.05, 0) is 0 Å². The number of aromatic nitrogens is 2. The number of carbonyl (C=O) groups is 1. The number of hydrazine groups is 1. The molecule has 6 nitrogen and oxygen atoms in total. The van der Waals surface area contributed by atoms with Gasteiger partial charge in [0.2, 0.25) is 11.7 Å². The van der Waals surface area contributed by atoms with E-state index in [2.05, 4.69) is 9.97 Å². The van der Waals surface area contributed by atoms with Gasteiger partial charge in [-0.1, -0.05) is 0 Å². The molecule has 0 aliphatic rings. The molecule has 0 saturated heterocycles. The molecule has 1 amide bonds. The van der Waals surface area contributed by atoms with Gasteiger partial charge in [0.25, 0.3) is 0 Å². The standard InChI is InChI=1S/C5H6N4O2/c6-9-5(11)4-7-2-1-3(10)8-4/h1-2H,6H2,(H,9,11)(H,7,8,10). The molecule has 0 bridgehead atoms. The molecule has 1 aromatic heterocycles. The molecule has 4 N–H and O–H groups in total. The summed E-state index contributed by atoms with van der Waals surface area (Å²) in [4.78, 5) is 17.6. The van der Waals surface area contributed by atoms with Crippen LogP contribution in [0.4, 0.5) is 0 Å². The van der Waals surface area contributed by atoms with Gasteiger partial charge in [0.1, 0.15) is 0 Å². The Bertz CT molecular complexity index is 275. The number of nitrogen functional groups attached to an aromatic ring is 1. The van der Waals surface area contributed by atoms with Crippen LogP contribution < -0.4 is 11.3 Å². The average molecular weight is 154 g/mol. The van der Waals surface area contributed by atoms with Crippen LogP contribution in [0.3, 0.4) is 0 Å². The van der Waals surface area contributed by atoms with E-state index in [9.17, 15) is 4.79 Å². The number of rotatable bonds is 1. The summed E-state index contributed by atoms with van der Waals surface area (Å²) in [5.41, 5.74) is 1.83. The van der Waals surface area contributed by atoms with E-state index < -0.39 is 5.91 Å². The van der Waals surface area contributed by atoms with Crippen LogP contribution in [0.2, 0.25) is 0 Å². The Morgan fingerprint density at radius 2 is 2.45 bits per heavy atom. The van der Waals surface area contributed by atoms with Crippen molar-refractivity contribution in [1.82, 2.24) is 15.4 Å². The van der Waals surface area contributed by atoms with Gasteiger partial charge < -0.3 is 5.11 Å². The summed E-state index contributed by atoms with van der Waals surface area (Å²) in [6.45, 7) is 0. The Kier molecular flexibility index (Phi) is 1.98. The molecule has 0 saturated carbocycles. The fourth-order valence-corrected chi connectivity index (χ4v) is 0.523. The van der Waals surface area contributed by atoms with Crippen LogP contribution in [-0.4, -0.2) is 21.0 Å². The number of nitrogens with zero attached hydrogens (tertiary/aromatic N) is 2. The molecular formula is C5H6N4O2. The summed E-state index contributed by atoms with van der Waals surface area (Å²) in [6.07, 6.45) is 1.26. The normalized spacial score (nSPS) is 9.18. The molecule has 58 valence electrons. The summed E-state index contributed by atoms with van der Waals surface area (Å²) in [6, 6.07) is 1.26. The first-order valence-corrected chi connectivity index (χ1v) is 2.77. The van der Waals surface area contributed by atoms with Crippen LogP contribution in [-0.2, 0) is 0 Å². The number of nitrogens with two attached hydrogens (primary N) is 1. The number of hydrogen-bond acceptors (Lipinski definition) is 5. The van der Waals surface area contributed by atoms with Crippen molar-refractivity contribution in [2.75, 3.05) is 0 Å². The lowest BCUT2D eigenvalue weighted by Gasteiger charge is -1.96. The number of nitrogens with one attached hydrogen (secondary N) is 1.